The van der Waals surface area contributed by atoms with Crippen LogP contribution in [0.1, 0.15) is 43.0 Å². The number of nitrogens with two attached hydrogens (primary N) is 2. The number of aromatic nitrogens is 1. The van der Waals surface area contributed by atoms with Crippen LogP contribution in [-0.2, 0) is 0 Å². The van der Waals surface area contributed by atoms with Gasteiger partial charge in [-0.2, -0.15) is 0 Å². The van der Waals surface area contributed by atoms with Crippen LogP contribution in [0, 0.1) is 5.92 Å². The SMILES string of the molecule is CC1CCC(Nc2cc(C(N)=O)c(N)cn2)CC1. The lowest BCUT2D eigenvalue weighted by Crippen LogP contribution is -2.26. The summed E-state index contributed by atoms with van der Waals surface area (Å²) in [5, 5.41) is 3.35. The molecule has 1 saturated carbocycles. The summed E-state index contributed by atoms with van der Waals surface area (Å²) in [5.41, 5.74) is 11.6. The Morgan fingerprint density at radius 3 is 2.67 bits per heavy atom. The molecule has 5 heteroatoms. The molecule has 0 aromatic carbocycles. The fourth-order valence-electron chi connectivity index (χ4n) is 2.37. The van der Waals surface area contributed by atoms with E-state index in [1.807, 2.05) is 0 Å². The second-order valence-corrected chi connectivity index (χ2v) is 5.12. The molecule has 0 atom stereocenters. The number of carbonyl (C=O) groups is 1. The van der Waals surface area contributed by atoms with E-state index in [0.717, 1.165) is 18.8 Å². The Hall–Kier alpha value is -1.78. The number of nitrogen functional groups attached to an aromatic ring is 1. The summed E-state index contributed by atoms with van der Waals surface area (Å²) in [5.74, 6) is 0.969. The normalized spacial score (nSPS) is 23.6. The fraction of sp³-hybridized carbons (Fsp3) is 0.538. The smallest absolute Gasteiger partial charge is 0.250 e. The van der Waals surface area contributed by atoms with E-state index in [0.29, 0.717) is 23.1 Å². The van der Waals surface area contributed by atoms with Gasteiger partial charge in [0.2, 0.25) is 0 Å². The molecular formula is C13H20N4O. The van der Waals surface area contributed by atoms with Crippen molar-refractivity contribution in [3.05, 3.63) is 17.8 Å². The van der Waals surface area contributed by atoms with Gasteiger partial charge in [-0.1, -0.05) is 6.92 Å². The van der Waals surface area contributed by atoms with E-state index in [1.165, 1.54) is 19.0 Å². The number of primary amides is 1. The minimum absolute atomic E-state index is 0.324. The largest absolute Gasteiger partial charge is 0.397 e. The Labute approximate surface area is 107 Å². The summed E-state index contributed by atoms with van der Waals surface area (Å²) in [7, 11) is 0. The Bertz CT molecular complexity index is 439. The molecule has 5 N–H and O–H groups in total. The standard InChI is InChI=1S/C13H20N4O/c1-8-2-4-9(5-3-8)17-12-6-10(13(15)18)11(14)7-16-12/h6-9H,2-5,14H2,1H3,(H2,15,18)(H,16,17). The molecule has 1 heterocycles. The van der Waals surface area contributed by atoms with Crippen molar-refractivity contribution in [2.24, 2.45) is 11.7 Å². The molecule has 0 aliphatic heterocycles. The van der Waals surface area contributed by atoms with Gasteiger partial charge in [-0.15, -0.1) is 0 Å². The second-order valence-electron chi connectivity index (χ2n) is 5.12. The first-order valence-corrected chi connectivity index (χ1v) is 6.38. The highest BCUT2D eigenvalue weighted by Crippen LogP contribution is 2.26. The molecular weight excluding hydrogens is 228 g/mol. The van der Waals surface area contributed by atoms with Crippen LogP contribution < -0.4 is 16.8 Å². The zero-order valence-corrected chi connectivity index (χ0v) is 10.6. The number of hydrogen-bond acceptors (Lipinski definition) is 4. The van der Waals surface area contributed by atoms with Crippen LogP contribution in [0.3, 0.4) is 0 Å². The van der Waals surface area contributed by atoms with Crippen molar-refractivity contribution in [3.8, 4) is 0 Å². The lowest BCUT2D eigenvalue weighted by Gasteiger charge is -2.27. The van der Waals surface area contributed by atoms with E-state index in [2.05, 4.69) is 17.2 Å². The number of rotatable bonds is 3. The summed E-state index contributed by atoms with van der Waals surface area (Å²) in [6, 6.07) is 2.06. The van der Waals surface area contributed by atoms with Gasteiger partial charge in [-0.05, 0) is 37.7 Å². The van der Waals surface area contributed by atoms with Crippen LogP contribution >= 0.6 is 0 Å². The van der Waals surface area contributed by atoms with Crippen molar-refractivity contribution >= 4 is 17.4 Å². The molecule has 1 aliphatic carbocycles. The molecule has 0 saturated heterocycles. The summed E-state index contributed by atoms with van der Waals surface area (Å²) in [6.45, 7) is 2.28. The van der Waals surface area contributed by atoms with Gasteiger partial charge in [0.15, 0.2) is 0 Å². The van der Waals surface area contributed by atoms with Gasteiger partial charge in [-0.3, -0.25) is 4.79 Å². The second kappa shape index (κ2) is 5.25. The van der Waals surface area contributed by atoms with Gasteiger partial charge in [0.05, 0.1) is 17.4 Å². The zero-order valence-electron chi connectivity index (χ0n) is 10.6. The van der Waals surface area contributed by atoms with Crippen LogP contribution in [0.2, 0.25) is 0 Å². The number of nitrogens with one attached hydrogen (secondary N) is 1. The maximum atomic E-state index is 11.2. The first-order chi connectivity index (χ1) is 8.56. The molecule has 2 rings (SSSR count). The van der Waals surface area contributed by atoms with E-state index in [1.54, 1.807) is 6.07 Å². The average molecular weight is 248 g/mol. The quantitative estimate of drug-likeness (QED) is 0.759. The van der Waals surface area contributed by atoms with Crippen LogP contribution in [0.25, 0.3) is 0 Å². The first kappa shape index (κ1) is 12.7. The summed E-state index contributed by atoms with van der Waals surface area (Å²) >= 11 is 0. The molecule has 1 aliphatic rings. The molecule has 1 amide bonds. The highest BCUT2D eigenvalue weighted by atomic mass is 16.1. The van der Waals surface area contributed by atoms with Crippen LogP contribution in [0.5, 0.6) is 0 Å². The zero-order chi connectivity index (χ0) is 13.1. The minimum atomic E-state index is -0.518. The third-order valence-electron chi connectivity index (χ3n) is 3.57. The van der Waals surface area contributed by atoms with Crippen molar-refractivity contribution < 1.29 is 4.79 Å². The van der Waals surface area contributed by atoms with Crippen LogP contribution in [-0.4, -0.2) is 16.9 Å². The Morgan fingerprint density at radius 2 is 2.06 bits per heavy atom. The average Bonchev–Trinajstić information content (AvgIpc) is 2.34. The monoisotopic (exact) mass is 248 g/mol. The Morgan fingerprint density at radius 1 is 1.39 bits per heavy atom. The van der Waals surface area contributed by atoms with Gasteiger partial charge in [0, 0.05) is 6.04 Å². The van der Waals surface area contributed by atoms with E-state index in [4.69, 9.17) is 11.5 Å². The van der Waals surface area contributed by atoms with Gasteiger partial charge >= 0.3 is 0 Å². The van der Waals surface area contributed by atoms with Gasteiger partial charge < -0.3 is 16.8 Å². The number of pyridine rings is 1. The lowest BCUT2D eigenvalue weighted by molar-refractivity contribution is 0.100. The molecule has 1 aromatic rings. The molecule has 1 fully saturated rings. The van der Waals surface area contributed by atoms with Crippen molar-refractivity contribution in [2.45, 2.75) is 38.6 Å². The lowest BCUT2D eigenvalue weighted by atomic mass is 9.87. The van der Waals surface area contributed by atoms with Gasteiger partial charge in [-0.25, -0.2) is 4.98 Å². The highest BCUT2D eigenvalue weighted by molar-refractivity contribution is 5.98. The van der Waals surface area contributed by atoms with E-state index < -0.39 is 5.91 Å². The van der Waals surface area contributed by atoms with E-state index in [9.17, 15) is 4.79 Å². The van der Waals surface area contributed by atoms with Crippen LogP contribution in [0.15, 0.2) is 12.3 Å². The maximum absolute atomic E-state index is 11.2. The minimum Gasteiger partial charge on any atom is -0.397 e. The first-order valence-electron chi connectivity index (χ1n) is 6.38. The number of nitrogens with zero attached hydrogens (tertiary/aromatic N) is 1. The third-order valence-corrected chi connectivity index (χ3v) is 3.57. The number of anilines is 2. The van der Waals surface area contributed by atoms with Crippen molar-refractivity contribution in [1.82, 2.24) is 4.98 Å². The number of amides is 1. The van der Waals surface area contributed by atoms with Crippen molar-refractivity contribution in [3.63, 3.8) is 0 Å². The molecule has 98 valence electrons. The molecule has 0 radical (unpaired) electrons. The molecule has 0 bridgehead atoms. The van der Waals surface area contributed by atoms with Gasteiger partial charge in [0.25, 0.3) is 5.91 Å². The molecule has 5 nitrogen and oxygen atoms in total. The van der Waals surface area contributed by atoms with Crippen molar-refractivity contribution in [2.75, 3.05) is 11.1 Å². The summed E-state index contributed by atoms with van der Waals surface area (Å²) < 4.78 is 0. The Kier molecular flexibility index (Phi) is 3.69. The molecule has 0 spiro atoms. The Balaban J connectivity index is 2.05. The summed E-state index contributed by atoms with van der Waals surface area (Å²) in [4.78, 5) is 15.4. The number of hydrogen-bond donors (Lipinski definition) is 3. The summed E-state index contributed by atoms with van der Waals surface area (Å²) in [6.07, 6.45) is 6.22. The molecule has 1 aromatic heterocycles. The topological polar surface area (TPSA) is 94.0 Å². The number of carbonyl (C=O) groups excluding carboxylic acids is 1. The van der Waals surface area contributed by atoms with Crippen molar-refractivity contribution in [1.29, 1.82) is 0 Å². The molecule has 18 heavy (non-hydrogen) atoms. The fourth-order valence-corrected chi connectivity index (χ4v) is 2.37. The predicted molar refractivity (Wildman–Crippen MR) is 72.2 cm³/mol. The predicted octanol–water partition coefficient (Wildman–Crippen LogP) is 1.75. The third kappa shape index (κ3) is 2.91. The molecule has 0 unspecified atom stereocenters. The van der Waals surface area contributed by atoms with Crippen LogP contribution in [0.4, 0.5) is 11.5 Å². The highest BCUT2D eigenvalue weighted by Gasteiger charge is 2.18. The maximum Gasteiger partial charge on any atom is 0.250 e. The van der Waals surface area contributed by atoms with E-state index in [-0.39, 0.29) is 0 Å². The van der Waals surface area contributed by atoms with Gasteiger partial charge in [0.1, 0.15) is 5.82 Å². The van der Waals surface area contributed by atoms with E-state index >= 15 is 0 Å².